The number of benzene rings is 1. The van der Waals surface area contributed by atoms with Crippen molar-refractivity contribution in [3.05, 3.63) is 18.2 Å². The van der Waals surface area contributed by atoms with Crippen LogP contribution in [-0.2, 0) is 9.84 Å². The monoisotopic (exact) mass is 257 g/mol. The summed E-state index contributed by atoms with van der Waals surface area (Å²) in [4.78, 5) is 0.165. The standard InChI is InChI=1S/C12H19NO3S/c1-4-5-9(2)17(14,15)12-8-10(16-3)6-7-11(12)13/h6-9H,4-5,13H2,1-3H3. The van der Waals surface area contributed by atoms with Crippen LogP contribution in [0.25, 0.3) is 0 Å². The van der Waals surface area contributed by atoms with Gasteiger partial charge >= 0.3 is 0 Å². The molecule has 4 nitrogen and oxygen atoms in total. The lowest BCUT2D eigenvalue weighted by molar-refractivity contribution is 0.413. The Hall–Kier alpha value is -1.23. The van der Waals surface area contributed by atoms with Crippen LogP contribution in [0.3, 0.4) is 0 Å². The summed E-state index contributed by atoms with van der Waals surface area (Å²) >= 11 is 0. The highest BCUT2D eigenvalue weighted by Crippen LogP contribution is 2.28. The van der Waals surface area contributed by atoms with Crippen molar-refractivity contribution >= 4 is 15.5 Å². The predicted octanol–water partition coefficient (Wildman–Crippen LogP) is 2.24. The summed E-state index contributed by atoms with van der Waals surface area (Å²) in [5.41, 5.74) is 6.00. The number of anilines is 1. The van der Waals surface area contributed by atoms with E-state index in [1.165, 1.54) is 13.2 Å². The molecule has 0 heterocycles. The molecular weight excluding hydrogens is 238 g/mol. The first-order valence-corrected chi connectivity index (χ1v) is 7.15. The van der Waals surface area contributed by atoms with Crippen molar-refractivity contribution < 1.29 is 13.2 Å². The molecular formula is C12H19NO3S. The van der Waals surface area contributed by atoms with Gasteiger partial charge in [-0.05, 0) is 25.5 Å². The highest BCUT2D eigenvalue weighted by atomic mass is 32.2. The van der Waals surface area contributed by atoms with Crippen molar-refractivity contribution in [2.45, 2.75) is 36.8 Å². The van der Waals surface area contributed by atoms with Gasteiger partial charge in [0.1, 0.15) is 5.75 Å². The number of rotatable bonds is 5. The molecule has 1 aromatic rings. The Morgan fingerprint density at radius 3 is 2.59 bits per heavy atom. The van der Waals surface area contributed by atoms with E-state index in [1.54, 1.807) is 19.1 Å². The molecule has 96 valence electrons. The molecule has 1 rings (SSSR count). The van der Waals surface area contributed by atoms with Crippen LogP contribution in [-0.4, -0.2) is 20.8 Å². The van der Waals surface area contributed by atoms with E-state index >= 15 is 0 Å². The van der Waals surface area contributed by atoms with Crippen molar-refractivity contribution in [1.82, 2.24) is 0 Å². The number of sulfone groups is 1. The largest absolute Gasteiger partial charge is 0.497 e. The fraction of sp³-hybridized carbons (Fsp3) is 0.500. The van der Waals surface area contributed by atoms with Gasteiger partial charge in [0.25, 0.3) is 0 Å². The van der Waals surface area contributed by atoms with E-state index in [-0.39, 0.29) is 10.6 Å². The third kappa shape index (κ3) is 2.91. The number of hydrogen-bond acceptors (Lipinski definition) is 4. The lowest BCUT2D eigenvalue weighted by Crippen LogP contribution is -2.19. The van der Waals surface area contributed by atoms with Crippen LogP contribution in [0.1, 0.15) is 26.7 Å². The zero-order chi connectivity index (χ0) is 13.1. The van der Waals surface area contributed by atoms with Crippen molar-refractivity contribution in [2.75, 3.05) is 12.8 Å². The number of methoxy groups -OCH3 is 1. The van der Waals surface area contributed by atoms with Gasteiger partial charge in [-0.25, -0.2) is 8.42 Å². The van der Waals surface area contributed by atoms with E-state index in [2.05, 4.69) is 0 Å². The maximum absolute atomic E-state index is 12.3. The second-order valence-electron chi connectivity index (χ2n) is 4.05. The quantitative estimate of drug-likeness (QED) is 0.821. The lowest BCUT2D eigenvalue weighted by Gasteiger charge is -2.14. The van der Waals surface area contributed by atoms with Crippen LogP contribution in [0, 0.1) is 0 Å². The third-order valence-corrected chi connectivity index (χ3v) is 5.01. The van der Waals surface area contributed by atoms with Crippen LogP contribution in [0.2, 0.25) is 0 Å². The van der Waals surface area contributed by atoms with Crippen molar-refractivity contribution in [1.29, 1.82) is 0 Å². The number of nitrogens with two attached hydrogens (primary N) is 1. The summed E-state index contributed by atoms with van der Waals surface area (Å²) < 4.78 is 29.6. The topological polar surface area (TPSA) is 69.4 Å². The number of hydrogen-bond donors (Lipinski definition) is 1. The molecule has 0 radical (unpaired) electrons. The highest BCUT2D eigenvalue weighted by molar-refractivity contribution is 7.92. The average Bonchev–Trinajstić information content (AvgIpc) is 2.29. The Bertz CT molecular complexity index is 483. The molecule has 0 bridgehead atoms. The normalized spacial score (nSPS) is 13.4. The van der Waals surface area contributed by atoms with Crippen LogP contribution in [0.5, 0.6) is 5.75 Å². The van der Waals surface area contributed by atoms with E-state index < -0.39 is 15.1 Å². The Morgan fingerprint density at radius 2 is 2.06 bits per heavy atom. The zero-order valence-electron chi connectivity index (χ0n) is 10.4. The first kappa shape index (κ1) is 13.8. The molecule has 0 aromatic heterocycles. The van der Waals surface area contributed by atoms with Crippen molar-refractivity contribution in [2.24, 2.45) is 0 Å². The van der Waals surface area contributed by atoms with Gasteiger partial charge in [-0.1, -0.05) is 13.3 Å². The van der Waals surface area contributed by atoms with Gasteiger partial charge in [0.15, 0.2) is 9.84 Å². The molecule has 0 aliphatic carbocycles. The van der Waals surface area contributed by atoms with Crippen LogP contribution >= 0.6 is 0 Å². The van der Waals surface area contributed by atoms with Crippen molar-refractivity contribution in [3.8, 4) is 5.75 Å². The average molecular weight is 257 g/mol. The van der Waals surface area contributed by atoms with Gasteiger partial charge in [0.05, 0.1) is 22.9 Å². The SMILES string of the molecule is CCCC(C)S(=O)(=O)c1cc(OC)ccc1N. The summed E-state index contributed by atoms with van der Waals surface area (Å²) in [6.07, 6.45) is 1.45. The third-order valence-electron chi connectivity index (χ3n) is 2.75. The van der Waals surface area contributed by atoms with Gasteiger partial charge in [-0.3, -0.25) is 0 Å². The summed E-state index contributed by atoms with van der Waals surface area (Å²) in [6.45, 7) is 3.67. The van der Waals surface area contributed by atoms with E-state index in [0.29, 0.717) is 12.2 Å². The molecule has 2 N–H and O–H groups in total. The smallest absolute Gasteiger partial charge is 0.183 e. The summed E-state index contributed by atoms with van der Waals surface area (Å²) in [6, 6.07) is 4.69. The zero-order valence-corrected chi connectivity index (χ0v) is 11.3. The molecule has 1 atom stereocenters. The van der Waals surface area contributed by atoms with Gasteiger partial charge in [-0.2, -0.15) is 0 Å². The molecule has 0 spiro atoms. The Morgan fingerprint density at radius 1 is 1.41 bits per heavy atom. The minimum atomic E-state index is -3.37. The molecule has 1 aromatic carbocycles. The second kappa shape index (κ2) is 5.40. The Kier molecular flexibility index (Phi) is 4.40. The Balaban J connectivity index is 3.22. The summed E-state index contributed by atoms with van der Waals surface area (Å²) in [5, 5.41) is -0.429. The molecule has 0 saturated carbocycles. The fourth-order valence-corrected chi connectivity index (χ4v) is 3.32. The molecule has 0 saturated heterocycles. The number of ether oxygens (including phenoxy) is 1. The van der Waals surface area contributed by atoms with Crippen molar-refractivity contribution in [3.63, 3.8) is 0 Å². The summed E-state index contributed by atoms with van der Waals surface area (Å²) in [5.74, 6) is 0.501. The fourth-order valence-electron chi connectivity index (χ4n) is 1.67. The molecule has 0 fully saturated rings. The maximum atomic E-state index is 12.3. The summed E-state index contributed by atoms with van der Waals surface area (Å²) in [7, 11) is -1.87. The minimum Gasteiger partial charge on any atom is -0.497 e. The van der Waals surface area contributed by atoms with Gasteiger partial charge in [0.2, 0.25) is 0 Å². The highest BCUT2D eigenvalue weighted by Gasteiger charge is 2.25. The molecule has 0 amide bonds. The molecule has 0 aliphatic heterocycles. The van der Waals surface area contributed by atoms with Gasteiger partial charge in [0, 0.05) is 6.07 Å². The van der Waals surface area contributed by atoms with Crippen LogP contribution in [0.15, 0.2) is 23.1 Å². The first-order valence-electron chi connectivity index (χ1n) is 5.60. The number of nitrogen functional groups attached to an aromatic ring is 1. The van der Waals surface area contributed by atoms with E-state index in [1.807, 2.05) is 6.92 Å². The van der Waals surface area contributed by atoms with Gasteiger partial charge < -0.3 is 10.5 Å². The van der Waals surface area contributed by atoms with E-state index in [4.69, 9.17) is 10.5 Å². The Labute approximate surface area is 103 Å². The van der Waals surface area contributed by atoms with Crippen LogP contribution in [0.4, 0.5) is 5.69 Å². The predicted molar refractivity (Wildman–Crippen MR) is 69.0 cm³/mol. The molecule has 0 aliphatic rings. The maximum Gasteiger partial charge on any atom is 0.183 e. The van der Waals surface area contributed by atoms with E-state index in [0.717, 1.165) is 6.42 Å². The molecule has 5 heteroatoms. The first-order chi connectivity index (χ1) is 7.93. The van der Waals surface area contributed by atoms with Gasteiger partial charge in [-0.15, -0.1) is 0 Å². The molecule has 17 heavy (non-hydrogen) atoms. The van der Waals surface area contributed by atoms with E-state index in [9.17, 15) is 8.42 Å². The molecule has 1 unspecified atom stereocenters. The lowest BCUT2D eigenvalue weighted by atomic mass is 10.3. The second-order valence-corrected chi connectivity index (χ2v) is 6.38. The minimum absolute atomic E-state index is 0.165. The van der Waals surface area contributed by atoms with Crippen LogP contribution < -0.4 is 10.5 Å².